The van der Waals surface area contributed by atoms with Crippen LogP contribution < -0.4 is 10.1 Å². The summed E-state index contributed by atoms with van der Waals surface area (Å²) in [7, 11) is 1.64. The molecule has 0 fully saturated rings. The van der Waals surface area contributed by atoms with Crippen LogP contribution in [0.25, 0.3) is 21.5 Å². The van der Waals surface area contributed by atoms with Crippen molar-refractivity contribution in [3.63, 3.8) is 0 Å². The molecule has 30 heavy (non-hydrogen) atoms. The highest BCUT2D eigenvalue weighted by molar-refractivity contribution is 8.00. The first-order valence-corrected chi connectivity index (χ1v) is 11.1. The van der Waals surface area contributed by atoms with Crippen molar-refractivity contribution in [1.29, 1.82) is 0 Å². The number of methoxy groups -OCH3 is 1. The molecule has 4 aromatic rings. The lowest BCUT2D eigenvalue weighted by Crippen LogP contribution is -2.15. The Kier molecular flexibility index (Phi) is 5.96. The lowest BCUT2D eigenvalue weighted by molar-refractivity contribution is -0.113. The number of hydrogen-bond donors (Lipinski definition) is 1. The van der Waals surface area contributed by atoms with E-state index in [-0.39, 0.29) is 11.7 Å². The Hall–Kier alpha value is -2.97. The zero-order valence-electron chi connectivity index (χ0n) is 16.8. The second-order valence-corrected chi connectivity index (χ2v) is 8.82. The zero-order valence-corrected chi connectivity index (χ0v) is 18.4. The van der Waals surface area contributed by atoms with E-state index in [0.717, 1.165) is 43.5 Å². The van der Waals surface area contributed by atoms with E-state index >= 15 is 0 Å². The molecule has 0 radical (unpaired) electrons. The second-order valence-electron chi connectivity index (χ2n) is 6.65. The predicted octanol–water partition coefficient (Wildman–Crippen LogP) is 5.11. The van der Waals surface area contributed by atoms with Crippen LogP contribution in [0.15, 0.2) is 53.6 Å². The Bertz CT molecular complexity index is 1220. The molecule has 0 aliphatic rings. The monoisotopic (exact) mass is 436 g/mol. The van der Waals surface area contributed by atoms with Crippen LogP contribution in [0.2, 0.25) is 0 Å². The van der Waals surface area contributed by atoms with Crippen molar-refractivity contribution < 1.29 is 9.53 Å². The molecule has 1 amide bonds. The van der Waals surface area contributed by atoms with Gasteiger partial charge in [-0.3, -0.25) is 4.79 Å². The maximum atomic E-state index is 12.4. The number of hydrogen-bond acceptors (Lipinski definition) is 7. The van der Waals surface area contributed by atoms with Gasteiger partial charge in [0, 0.05) is 11.3 Å². The van der Waals surface area contributed by atoms with Crippen LogP contribution >= 0.6 is 23.1 Å². The lowest BCUT2D eigenvalue weighted by atomic mass is 10.1. The molecule has 0 saturated carbocycles. The van der Waals surface area contributed by atoms with Gasteiger partial charge in [0.15, 0.2) is 0 Å². The van der Waals surface area contributed by atoms with Gasteiger partial charge in [0.25, 0.3) is 0 Å². The van der Waals surface area contributed by atoms with E-state index in [9.17, 15) is 4.79 Å². The van der Waals surface area contributed by atoms with Gasteiger partial charge in [-0.1, -0.05) is 42.1 Å². The van der Waals surface area contributed by atoms with Gasteiger partial charge in [-0.25, -0.2) is 4.98 Å². The summed E-state index contributed by atoms with van der Waals surface area (Å²) in [6.07, 6.45) is 0. The Morgan fingerprint density at radius 2 is 1.97 bits per heavy atom. The van der Waals surface area contributed by atoms with Crippen molar-refractivity contribution in [1.82, 2.24) is 15.2 Å². The normalized spacial score (nSPS) is 10.9. The molecule has 0 saturated heterocycles. The van der Waals surface area contributed by atoms with Crippen LogP contribution in [-0.4, -0.2) is 34.0 Å². The van der Waals surface area contributed by atoms with E-state index in [2.05, 4.69) is 20.5 Å². The third kappa shape index (κ3) is 4.29. The predicted molar refractivity (Wildman–Crippen MR) is 122 cm³/mol. The molecule has 0 spiro atoms. The summed E-state index contributed by atoms with van der Waals surface area (Å²) in [4.78, 5) is 17.1. The first-order chi connectivity index (χ1) is 14.5. The maximum Gasteiger partial charge on any atom is 0.234 e. The lowest BCUT2D eigenvalue weighted by Gasteiger charge is -2.08. The van der Waals surface area contributed by atoms with Crippen LogP contribution in [0.3, 0.4) is 0 Å². The Labute approximate surface area is 182 Å². The smallest absolute Gasteiger partial charge is 0.234 e. The average molecular weight is 437 g/mol. The minimum absolute atomic E-state index is 0.0897. The Morgan fingerprint density at radius 3 is 2.77 bits per heavy atom. The number of anilines is 1. The van der Waals surface area contributed by atoms with Crippen LogP contribution in [0, 0.1) is 13.8 Å². The van der Waals surface area contributed by atoms with E-state index in [1.165, 1.54) is 11.8 Å². The molecular weight excluding hydrogens is 416 g/mol. The van der Waals surface area contributed by atoms with Crippen LogP contribution in [0.5, 0.6) is 5.75 Å². The molecule has 0 aliphatic carbocycles. The summed E-state index contributed by atoms with van der Waals surface area (Å²) in [6.45, 7) is 3.92. The number of rotatable bonds is 6. The van der Waals surface area contributed by atoms with Gasteiger partial charge in [0.05, 0.1) is 22.6 Å². The topological polar surface area (TPSA) is 77.0 Å². The number of para-hydroxylation sites is 1. The molecule has 1 N–H and O–H groups in total. The SMILES string of the molecule is COc1cccc(-c2nnc(SCC(=O)Nc3ccccc3C)c3nc(C)sc23)c1. The van der Waals surface area contributed by atoms with Gasteiger partial charge in [0.2, 0.25) is 5.91 Å². The number of fused-ring (bicyclic) bond motifs is 1. The summed E-state index contributed by atoms with van der Waals surface area (Å²) < 4.78 is 6.29. The molecule has 152 valence electrons. The summed E-state index contributed by atoms with van der Waals surface area (Å²) in [5.74, 6) is 0.899. The molecule has 2 heterocycles. The van der Waals surface area contributed by atoms with Gasteiger partial charge in [-0.2, -0.15) is 0 Å². The fraction of sp³-hybridized carbons (Fsp3) is 0.182. The largest absolute Gasteiger partial charge is 0.497 e. The molecule has 8 heteroatoms. The molecule has 0 atom stereocenters. The molecule has 2 aromatic carbocycles. The summed E-state index contributed by atoms with van der Waals surface area (Å²) in [5.41, 5.74) is 4.31. The van der Waals surface area contributed by atoms with Crippen molar-refractivity contribution in [3.05, 3.63) is 59.1 Å². The van der Waals surface area contributed by atoms with E-state index in [4.69, 9.17) is 4.74 Å². The Balaban J connectivity index is 1.58. The van der Waals surface area contributed by atoms with Gasteiger partial charge < -0.3 is 10.1 Å². The number of thiazole rings is 1. The number of nitrogens with zero attached hydrogens (tertiary/aromatic N) is 3. The third-order valence-electron chi connectivity index (χ3n) is 4.49. The molecule has 0 bridgehead atoms. The number of carbonyl (C=O) groups excluding carboxylic acids is 1. The molecule has 0 unspecified atom stereocenters. The minimum Gasteiger partial charge on any atom is -0.497 e. The highest BCUT2D eigenvalue weighted by Gasteiger charge is 2.17. The molecule has 4 rings (SSSR count). The van der Waals surface area contributed by atoms with Crippen molar-refractivity contribution in [2.45, 2.75) is 18.9 Å². The van der Waals surface area contributed by atoms with Gasteiger partial charge in [-0.15, -0.1) is 21.5 Å². The quantitative estimate of drug-likeness (QED) is 0.423. The van der Waals surface area contributed by atoms with Crippen molar-refractivity contribution in [2.24, 2.45) is 0 Å². The molecule has 6 nitrogen and oxygen atoms in total. The number of carbonyl (C=O) groups is 1. The second kappa shape index (κ2) is 8.81. The summed E-state index contributed by atoms with van der Waals surface area (Å²) >= 11 is 2.91. The van der Waals surface area contributed by atoms with Crippen LogP contribution in [-0.2, 0) is 4.79 Å². The van der Waals surface area contributed by atoms with E-state index in [0.29, 0.717) is 5.03 Å². The summed E-state index contributed by atoms with van der Waals surface area (Å²) in [5, 5.41) is 13.4. The van der Waals surface area contributed by atoms with Crippen LogP contribution in [0.1, 0.15) is 10.6 Å². The highest BCUT2D eigenvalue weighted by Crippen LogP contribution is 2.36. The fourth-order valence-corrected chi connectivity index (χ4v) is 4.72. The van der Waals surface area contributed by atoms with Gasteiger partial charge >= 0.3 is 0 Å². The van der Waals surface area contributed by atoms with Crippen molar-refractivity contribution in [2.75, 3.05) is 18.2 Å². The Morgan fingerprint density at radius 1 is 1.13 bits per heavy atom. The van der Waals surface area contributed by atoms with Gasteiger partial charge in [-0.05, 0) is 37.6 Å². The average Bonchev–Trinajstić information content (AvgIpc) is 3.15. The van der Waals surface area contributed by atoms with E-state index in [1.807, 2.05) is 62.4 Å². The highest BCUT2D eigenvalue weighted by atomic mass is 32.2. The first kappa shape index (κ1) is 20.3. The van der Waals surface area contributed by atoms with Gasteiger partial charge in [0.1, 0.15) is 22.0 Å². The van der Waals surface area contributed by atoms with Crippen LogP contribution in [0.4, 0.5) is 5.69 Å². The molecular formula is C22H20N4O2S2. The van der Waals surface area contributed by atoms with E-state index in [1.54, 1.807) is 18.4 Å². The standard InChI is InChI=1S/C22H20N4O2S2/c1-13-7-4-5-10-17(13)24-18(27)12-29-22-20-21(30-14(2)23-20)19(25-26-22)15-8-6-9-16(11-15)28-3/h4-11H,12H2,1-3H3,(H,24,27). The first-order valence-electron chi connectivity index (χ1n) is 9.31. The summed E-state index contributed by atoms with van der Waals surface area (Å²) in [6, 6.07) is 15.4. The number of thioether (sulfide) groups is 1. The number of aromatic nitrogens is 3. The zero-order chi connectivity index (χ0) is 21.1. The van der Waals surface area contributed by atoms with Crippen molar-refractivity contribution in [3.8, 4) is 17.0 Å². The molecule has 2 aromatic heterocycles. The third-order valence-corrected chi connectivity index (χ3v) is 6.43. The minimum atomic E-state index is -0.0897. The number of amides is 1. The number of nitrogens with one attached hydrogen (secondary N) is 1. The molecule has 0 aliphatic heterocycles. The number of benzene rings is 2. The van der Waals surface area contributed by atoms with E-state index < -0.39 is 0 Å². The maximum absolute atomic E-state index is 12.4. The fourth-order valence-electron chi connectivity index (χ4n) is 3.01. The number of aryl methyl sites for hydroxylation is 2. The van der Waals surface area contributed by atoms with Crippen molar-refractivity contribution >= 4 is 44.9 Å². The number of ether oxygens (including phenoxy) is 1.